The van der Waals surface area contributed by atoms with Gasteiger partial charge in [0.15, 0.2) is 0 Å². The summed E-state index contributed by atoms with van der Waals surface area (Å²) in [6.07, 6.45) is 0. The third kappa shape index (κ3) is 3.95. The molecule has 0 radical (unpaired) electrons. The zero-order valence-corrected chi connectivity index (χ0v) is 16.4. The number of hydrogen-bond donors (Lipinski definition) is 2. The standard InChI is InChI=1S/C22H21FN4O3/c1-26-8-10-27(11-9-26)20-13-17(22(29)30)16-12-14(6-7-19(16)25-20)24-21(28)15-4-2-3-5-18(15)23/h2-7,12-13H,8-11H2,1H3,(H,24,28)(H,29,30). The van der Waals surface area contributed by atoms with E-state index >= 15 is 0 Å². The minimum atomic E-state index is -1.07. The van der Waals surface area contributed by atoms with Crippen molar-refractivity contribution in [1.82, 2.24) is 9.88 Å². The number of carboxylic acid groups (broad SMARTS) is 1. The van der Waals surface area contributed by atoms with Crippen molar-refractivity contribution in [3.63, 3.8) is 0 Å². The Labute approximate surface area is 172 Å². The van der Waals surface area contributed by atoms with Gasteiger partial charge in [-0.15, -0.1) is 0 Å². The Morgan fingerprint density at radius 3 is 2.47 bits per heavy atom. The van der Waals surface area contributed by atoms with Crippen LogP contribution in [0, 0.1) is 5.82 Å². The number of carbonyl (C=O) groups excluding carboxylic acids is 1. The van der Waals surface area contributed by atoms with Crippen LogP contribution in [-0.2, 0) is 0 Å². The number of rotatable bonds is 4. The van der Waals surface area contributed by atoms with E-state index in [0.717, 1.165) is 26.2 Å². The Morgan fingerprint density at radius 2 is 1.77 bits per heavy atom. The van der Waals surface area contributed by atoms with Crippen LogP contribution in [-0.4, -0.2) is 60.1 Å². The topological polar surface area (TPSA) is 85.8 Å². The average Bonchev–Trinajstić information content (AvgIpc) is 2.73. The number of amides is 1. The Kier molecular flexibility index (Phi) is 5.33. The van der Waals surface area contributed by atoms with Crippen LogP contribution in [0.2, 0.25) is 0 Å². The largest absolute Gasteiger partial charge is 0.478 e. The third-order valence-corrected chi connectivity index (χ3v) is 5.23. The fourth-order valence-corrected chi connectivity index (χ4v) is 3.51. The van der Waals surface area contributed by atoms with Gasteiger partial charge >= 0.3 is 5.97 Å². The van der Waals surface area contributed by atoms with Gasteiger partial charge in [-0.3, -0.25) is 4.79 Å². The molecule has 1 saturated heterocycles. The van der Waals surface area contributed by atoms with Crippen LogP contribution in [0.15, 0.2) is 48.5 Å². The number of fused-ring (bicyclic) bond motifs is 1. The molecular weight excluding hydrogens is 387 g/mol. The maximum atomic E-state index is 13.9. The van der Waals surface area contributed by atoms with Crippen LogP contribution >= 0.6 is 0 Å². The first-order valence-electron chi connectivity index (χ1n) is 9.60. The molecule has 4 rings (SSSR count). The van der Waals surface area contributed by atoms with Crippen molar-refractivity contribution in [3.05, 3.63) is 65.5 Å². The average molecular weight is 408 g/mol. The number of piperazine rings is 1. The van der Waals surface area contributed by atoms with Gasteiger partial charge in [0.1, 0.15) is 11.6 Å². The Bertz CT molecular complexity index is 1130. The van der Waals surface area contributed by atoms with E-state index in [0.29, 0.717) is 22.4 Å². The third-order valence-electron chi connectivity index (χ3n) is 5.23. The molecule has 1 aliphatic heterocycles. The quantitative estimate of drug-likeness (QED) is 0.690. The van der Waals surface area contributed by atoms with E-state index in [2.05, 4.69) is 20.1 Å². The number of hydrogen-bond acceptors (Lipinski definition) is 5. The lowest BCUT2D eigenvalue weighted by molar-refractivity contribution is 0.0698. The van der Waals surface area contributed by atoms with Crippen molar-refractivity contribution < 1.29 is 19.1 Å². The Balaban J connectivity index is 1.67. The summed E-state index contributed by atoms with van der Waals surface area (Å²) in [6.45, 7) is 3.29. The predicted molar refractivity (Wildman–Crippen MR) is 113 cm³/mol. The number of benzene rings is 2. The number of likely N-dealkylation sites (N-methyl/N-ethyl adjacent to an activating group) is 1. The maximum Gasteiger partial charge on any atom is 0.336 e. The molecule has 8 heteroatoms. The number of anilines is 2. The summed E-state index contributed by atoms with van der Waals surface area (Å²) in [4.78, 5) is 33.2. The molecule has 2 N–H and O–H groups in total. The van der Waals surface area contributed by atoms with Crippen molar-refractivity contribution in [2.75, 3.05) is 43.4 Å². The molecule has 2 aromatic carbocycles. The normalized spacial score (nSPS) is 14.7. The number of pyridine rings is 1. The number of aromatic carboxylic acids is 1. The molecule has 3 aromatic rings. The highest BCUT2D eigenvalue weighted by Gasteiger charge is 2.20. The first-order valence-corrected chi connectivity index (χ1v) is 9.60. The van der Waals surface area contributed by atoms with E-state index in [1.165, 1.54) is 18.2 Å². The van der Waals surface area contributed by atoms with Gasteiger partial charge < -0.3 is 20.2 Å². The van der Waals surface area contributed by atoms with E-state index in [4.69, 9.17) is 0 Å². The minimum Gasteiger partial charge on any atom is -0.478 e. The lowest BCUT2D eigenvalue weighted by atomic mass is 10.1. The van der Waals surface area contributed by atoms with E-state index in [9.17, 15) is 19.1 Å². The molecule has 0 aliphatic carbocycles. The molecule has 2 heterocycles. The molecule has 0 spiro atoms. The number of halogens is 1. The summed E-state index contributed by atoms with van der Waals surface area (Å²) >= 11 is 0. The smallest absolute Gasteiger partial charge is 0.336 e. The summed E-state index contributed by atoms with van der Waals surface area (Å²) in [5, 5.41) is 12.8. The van der Waals surface area contributed by atoms with Crippen molar-refractivity contribution in [1.29, 1.82) is 0 Å². The summed E-state index contributed by atoms with van der Waals surface area (Å²) in [5.41, 5.74) is 0.913. The van der Waals surface area contributed by atoms with Gasteiger partial charge in [0.05, 0.1) is 16.6 Å². The number of carbonyl (C=O) groups is 2. The molecule has 7 nitrogen and oxygen atoms in total. The predicted octanol–water partition coefficient (Wildman–Crippen LogP) is 3.08. The van der Waals surface area contributed by atoms with Crippen LogP contribution < -0.4 is 10.2 Å². The monoisotopic (exact) mass is 408 g/mol. The fraction of sp³-hybridized carbons (Fsp3) is 0.227. The summed E-state index contributed by atoms with van der Waals surface area (Å²) < 4.78 is 13.9. The van der Waals surface area contributed by atoms with Crippen LogP contribution in [0.4, 0.5) is 15.9 Å². The Hall–Kier alpha value is -3.52. The number of nitrogens with one attached hydrogen (secondary N) is 1. The van der Waals surface area contributed by atoms with Crippen molar-refractivity contribution in [2.24, 2.45) is 0 Å². The highest BCUT2D eigenvalue weighted by atomic mass is 19.1. The van der Waals surface area contributed by atoms with Gasteiger partial charge in [-0.2, -0.15) is 0 Å². The van der Waals surface area contributed by atoms with Crippen molar-refractivity contribution in [2.45, 2.75) is 0 Å². The van der Waals surface area contributed by atoms with E-state index < -0.39 is 17.7 Å². The number of carboxylic acids is 1. The fourth-order valence-electron chi connectivity index (χ4n) is 3.51. The molecule has 0 atom stereocenters. The van der Waals surface area contributed by atoms with Gasteiger partial charge in [0, 0.05) is 37.3 Å². The van der Waals surface area contributed by atoms with Crippen molar-refractivity contribution >= 4 is 34.3 Å². The van der Waals surface area contributed by atoms with Crippen LogP contribution in [0.1, 0.15) is 20.7 Å². The number of nitrogens with zero attached hydrogens (tertiary/aromatic N) is 3. The zero-order valence-electron chi connectivity index (χ0n) is 16.4. The minimum absolute atomic E-state index is 0.0837. The van der Waals surface area contributed by atoms with E-state index in [1.807, 2.05) is 7.05 Å². The summed E-state index contributed by atoms with van der Waals surface area (Å²) in [7, 11) is 2.05. The summed E-state index contributed by atoms with van der Waals surface area (Å²) in [5.74, 6) is -1.68. The van der Waals surface area contributed by atoms with Gasteiger partial charge in [0.25, 0.3) is 5.91 Å². The molecule has 1 fully saturated rings. The molecule has 0 unspecified atom stereocenters. The number of aromatic nitrogens is 1. The van der Waals surface area contributed by atoms with Gasteiger partial charge in [-0.25, -0.2) is 14.2 Å². The zero-order chi connectivity index (χ0) is 21.3. The van der Waals surface area contributed by atoms with E-state index in [1.54, 1.807) is 30.3 Å². The molecule has 0 bridgehead atoms. The van der Waals surface area contributed by atoms with Crippen molar-refractivity contribution in [3.8, 4) is 0 Å². The first kappa shape index (κ1) is 19.8. The van der Waals surface area contributed by atoms with Gasteiger partial charge in [-0.1, -0.05) is 12.1 Å². The second-order valence-corrected chi connectivity index (χ2v) is 7.29. The second-order valence-electron chi connectivity index (χ2n) is 7.29. The van der Waals surface area contributed by atoms with Gasteiger partial charge in [-0.05, 0) is 43.4 Å². The summed E-state index contributed by atoms with van der Waals surface area (Å²) in [6, 6.07) is 12.1. The highest BCUT2D eigenvalue weighted by Crippen LogP contribution is 2.27. The molecule has 1 aliphatic rings. The molecule has 1 amide bonds. The van der Waals surface area contributed by atoms with Crippen LogP contribution in [0.5, 0.6) is 0 Å². The lowest BCUT2D eigenvalue weighted by Gasteiger charge is -2.33. The first-order chi connectivity index (χ1) is 14.4. The van der Waals surface area contributed by atoms with E-state index in [-0.39, 0.29) is 11.1 Å². The molecule has 154 valence electrons. The maximum absolute atomic E-state index is 13.9. The van der Waals surface area contributed by atoms with Gasteiger partial charge in [0.2, 0.25) is 0 Å². The molecule has 1 aromatic heterocycles. The van der Waals surface area contributed by atoms with Crippen LogP contribution in [0.3, 0.4) is 0 Å². The SMILES string of the molecule is CN1CCN(c2cc(C(=O)O)c3cc(NC(=O)c4ccccc4F)ccc3n2)CC1. The molecular formula is C22H21FN4O3. The Morgan fingerprint density at radius 1 is 1.03 bits per heavy atom. The second kappa shape index (κ2) is 8.08. The highest BCUT2D eigenvalue weighted by molar-refractivity contribution is 6.08. The molecule has 30 heavy (non-hydrogen) atoms. The van der Waals surface area contributed by atoms with Crippen LogP contribution in [0.25, 0.3) is 10.9 Å². The molecule has 0 saturated carbocycles. The lowest BCUT2D eigenvalue weighted by Crippen LogP contribution is -2.44.